The average molecular weight is 291 g/mol. The lowest BCUT2D eigenvalue weighted by Gasteiger charge is -2.20. The fourth-order valence-corrected chi connectivity index (χ4v) is 2.04. The summed E-state index contributed by atoms with van der Waals surface area (Å²) in [6, 6.07) is -0.830. The van der Waals surface area contributed by atoms with Crippen LogP contribution in [0.15, 0.2) is 11.9 Å². The molecule has 0 aliphatic carbocycles. The Hall–Kier alpha value is -0.205. The van der Waals surface area contributed by atoms with Crippen molar-refractivity contribution >= 4 is 15.4 Å². The van der Waals surface area contributed by atoms with Gasteiger partial charge in [0.05, 0.1) is 6.61 Å². The highest BCUT2D eigenvalue weighted by molar-refractivity contribution is 7.55. The number of ether oxygens (including phenoxy) is 2. The van der Waals surface area contributed by atoms with Crippen LogP contribution in [0.2, 0.25) is 0 Å². The largest absolute Gasteiger partial charge is 0.387 e. The standard InChI is InChI=1S/C10H19BNO6P/c1-12(2)4-5-17-9-8(13)7(18-10(9)11)3-6-19(14,15)16/h3,6-10,13H,4-5H2,1-2H3,(H2,14,15,16)/b6-3+. The van der Waals surface area contributed by atoms with Crippen LogP contribution in [-0.4, -0.2) is 79.2 Å². The van der Waals surface area contributed by atoms with Crippen molar-refractivity contribution in [1.82, 2.24) is 4.90 Å². The number of hydrogen-bond acceptors (Lipinski definition) is 5. The molecule has 0 saturated carbocycles. The summed E-state index contributed by atoms with van der Waals surface area (Å²) in [7, 11) is 5.16. The Morgan fingerprint density at radius 1 is 1.47 bits per heavy atom. The van der Waals surface area contributed by atoms with E-state index < -0.39 is 31.9 Å². The summed E-state index contributed by atoms with van der Waals surface area (Å²) < 4.78 is 21.3. The maximum absolute atomic E-state index is 10.7. The molecule has 0 amide bonds. The minimum Gasteiger partial charge on any atom is -0.387 e. The number of nitrogens with zero attached hydrogens (tertiary/aromatic N) is 1. The summed E-state index contributed by atoms with van der Waals surface area (Å²) in [5, 5.41) is 9.93. The first kappa shape index (κ1) is 16.8. The zero-order valence-corrected chi connectivity index (χ0v) is 11.8. The minimum absolute atomic E-state index is 0.376. The molecule has 3 N–H and O–H groups in total. The molecule has 4 atom stereocenters. The van der Waals surface area contributed by atoms with E-state index in [1.54, 1.807) is 0 Å². The predicted octanol–water partition coefficient (Wildman–Crippen LogP) is -1.12. The first-order chi connectivity index (χ1) is 8.70. The third-order valence-electron chi connectivity index (χ3n) is 2.63. The second-order valence-electron chi connectivity index (χ2n) is 4.63. The molecule has 1 aliphatic heterocycles. The van der Waals surface area contributed by atoms with E-state index in [0.717, 1.165) is 6.08 Å². The highest BCUT2D eigenvalue weighted by atomic mass is 31.2. The average Bonchev–Trinajstić information content (AvgIpc) is 2.52. The summed E-state index contributed by atoms with van der Waals surface area (Å²) in [4.78, 5) is 19.4. The molecule has 1 heterocycles. The fraction of sp³-hybridized carbons (Fsp3) is 0.800. The Morgan fingerprint density at radius 3 is 2.63 bits per heavy atom. The van der Waals surface area contributed by atoms with E-state index in [1.165, 1.54) is 0 Å². The molecule has 1 aliphatic rings. The van der Waals surface area contributed by atoms with Gasteiger partial charge in [-0.1, -0.05) is 0 Å². The topological polar surface area (TPSA) is 99.5 Å². The molecule has 0 aromatic rings. The lowest BCUT2D eigenvalue weighted by atomic mass is 9.93. The van der Waals surface area contributed by atoms with Crippen LogP contribution in [0.25, 0.3) is 0 Å². The molecule has 0 spiro atoms. The van der Waals surface area contributed by atoms with Gasteiger partial charge in [-0.3, -0.25) is 4.57 Å². The van der Waals surface area contributed by atoms with Crippen molar-refractivity contribution in [3.05, 3.63) is 11.9 Å². The van der Waals surface area contributed by atoms with E-state index in [9.17, 15) is 9.67 Å². The van der Waals surface area contributed by atoms with Gasteiger partial charge in [-0.15, -0.1) is 0 Å². The van der Waals surface area contributed by atoms with Gasteiger partial charge in [0.2, 0.25) is 0 Å². The molecule has 7 nitrogen and oxygen atoms in total. The molecular formula is C10H19BNO6P. The molecule has 1 fully saturated rings. The van der Waals surface area contributed by atoms with E-state index in [4.69, 9.17) is 27.1 Å². The molecule has 0 aromatic heterocycles. The number of rotatable bonds is 6. The predicted molar refractivity (Wildman–Crippen MR) is 69.9 cm³/mol. The van der Waals surface area contributed by atoms with Crippen molar-refractivity contribution in [3.63, 3.8) is 0 Å². The lowest BCUT2D eigenvalue weighted by molar-refractivity contribution is -0.0234. The van der Waals surface area contributed by atoms with Crippen molar-refractivity contribution < 1.29 is 28.9 Å². The van der Waals surface area contributed by atoms with Gasteiger partial charge in [0.15, 0.2) is 0 Å². The Bertz CT molecular complexity index is 360. The summed E-state index contributed by atoms with van der Waals surface area (Å²) in [5.41, 5.74) is 0. The third kappa shape index (κ3) is 5.75. The van der Waals surface area contributed by atoms with E-state index in [1.807, 2.05) is 19.0 Å². The second-order valence-corrected chi connectivity index (χ2v) is 6.10. The van der Waals surface area contributed by atoms with Crippen LogP contribution < -0.4 is 0 Å². The lowest BCUT2D eigenvalue weighted by Crippen LogP contribution is -2.36. The fourth-order valence-electron chi connectivity index (χ4n) is 1.64. The summed E-state index contributed by atoms with van der Waals surface area (Å²) in [6.07, 6.45) is -1.54. The second kappa shape index (κ2) is 6.99. The Morgan fingerprint density at radius 2 is 2.11 bits per heavy atom. The summed E-state index contributed by atoms with van der Waals surface area (Å²) >= 11 is 0. The maximum Gasteiger partial charge on any atom is 0.348 e. The van der Waals surface area contributed by atoms with Crippen molar-refractivity contribution in [2.24, 2.45) is 0 Å². The highest BCUT2D eigenvalue weighted by Crippen LogP contribution is 2.37. The molecule has 1 rings (SSSR count). The Labute approximate surface area is 113 Å². The number of likely N-dealkylation sites (N-methyl/N-ethyl adjacent to an activating group) is 1. The monoisotopic (exact) mass is 291 g/mol. The quantitative estimate of drug-likeness (QED) is 0.421. The normalized spacial score (nSPS) is 32.5. The Balaban J connectivity index is 2.53. The van der Waals surface area contributed by atoms with Gasteiger partial charge in [0.25, 0.3) is 0 Å². The molecule has 19 heavy (non-hydrogen) atoms. The highest BCUT2D eigenvalue weighted by Gasteiger charge is 2.40. The molecule has 108 valence electrons. The molecule has 0 aromatic carbocycles. The van der Waals surface area contributed by atoms with Crippen LogP contribution in [0, 0.1) is 0 Å². The van der Waals surface area contributed by atoms with Gasteiger partial charge in [0, 0.05) is 18.4 Å². The summed E-state index contributed by atoms with van der Waals surface area (Å²) in [6.45, 7) is 1.04. The van der Waals surface area contributed by atoms with Crippen LogP contribution in [-0.2, 0) is 14.0 Å². The van der Waals surface area contributed by atoms with Gasteiger partial charge in [-0.05, 0) is 20.2 Å². The molecule has 4 unspecified atom stereocenters. The van der Waals surface area contributed by atoms with Gasteiger partial charge in [-0.2, -0.15) is 0 Å². The molecule has 2 radical (unpaired) electrons. The van der Waals surface area contributed by atoms with Crippen LogP contribution in [0.5, 0.6) is 0 Å². The minimum atomic E-state index is -4.28. The molecule has 0 bridgehead atoms. The molecule has 1 saturated heterocycles. The number of aliphatic hydroxyl groups is 1. The van der Waals surface area contributed by atoms with Crippen molar-refractivity contribution in [3.8, 4) is 0 Å². The van der Waals surface area contributed by atoms with Crippen LogP contribution in [0.3, 0.4) is 0 Å². The van der Waals surface area contributed by atoms with Crippen LogP contribution in [0.4, 0.5) is 0 Å². The van der Waals surface area contributed by atoms with E-state index in [-0.39, 0.29) is 0 Å². The summed E-state index contributed by atoms with van der Waals surface area (Å²) in [5.74, 6) is 0.690. The van der Waals surface area contributed by atoms with Crippen LogP contribution in [0.1, 0.15) is 0 Å². The first-order valence-corrected chi connectivity index (χ1v) is 7.49. The van der Waals surface area contributed by atoms with Crippen molar-refractivity contribution in [1.29, 1.82) is 0 Å². The van der Waals surface area contributed by atoms with Gasteiger partial charge >= 0.3 is 7.60 Å². The van der Waals surface area contributed by atoms with E-state index in [0.29, 0.717) is 19.0 Å². The van der Waals surface area contributed by atoms with Crippen molar-refractivity contribution in [2.75, 3.05) is 27.2 Å². The van der Waals surface area contributed by atoms with Gasteiger partial charge in [0.1, 0.15) is 26.2 Å². The van der Waals surface area contributed by atoms with Crippen LogP contribution >= 0.6 is 7.60 Å². The smallest absolute Gasteiger partial charge is 0.348 e. The zero-order chi connectivity index (χ0) is 14.6. The third-order valence-corrected chi connectivity index (χ3v) is 3.19. The van der Waals surface area contributed by atoms with Gasteiger partial charge < -0.3 is 29.3 Å². The molecular weight excluding hydrogens is 272 g/mol. The maximum atomic E-state index is 10.7. The van der Waals surface area contributed by atoms with E-state index in [2.05, 4.69) is 0 Å². The zero-order valence-electron chi connectivity index (χ0n) is 10.9. The Kier molecular flexibility index (Phi) is 6.20. The SMILES string of the molecule is [B]C1OC(/C=C/P(=O)(O)O)C(O)C1OCCN(C)C. The van der Waals surface area contributed by atoms with Gasteiger partial charge in [-0.25, -0.2) is 0 Å². The molecule has 9 heteroatoms. The number of hydrogen-bond donors (Lipinski definition) is 3. The first-order valence-electron chi connectivity index (χ1n) is 5.81. The van der Waals surface area contributed by atoms with E-state index >= 15 is 0 Å². The van der Waals surface area contributed by atoms with Crippen molar-refractivity contribution in [2.45, 2.75) is 24.3 Å². The number of aliphatic hydroxyl groups excluding tert-OH is 1.